The largest absolute Gasteiger partial charge is 0.329 e. The van der Waals surface area contributed by atoms with Gasteiger partial charge in [-0.05, 0) is 31.5 Å². The van der Waals surface area contributed by atoms with Crippen LogP contribution < -0.4 is 5.73 Å². The molecule has 1 unspecified atom stereocenters. The van der Waals surface area contributed by atoms with Crippen LogP contribution in [0.5, 0.6) is 0 Å². The maximum atomic E-state index is 5.81. The molecule has 2 N–H and O–H groups in total. The first-order valence-electron chi connectivity index (χ1n) is 6.24. The smallest absolute Gasteiger partial charge is 0.0416 e. The second-order valence-corrected chi connectivity index (χ2v) is 4.49. The molecule has 0 aromatic carbocycles. The third kappa shape index (κ3) is 3.03. The van der Waals surface area contributed by atoms with Crippen LogP contribution >= 0.6 is 0 Å². The molecule has 0 spiro atoms. The lowest BCUT2D eigenvalue weighted by Crippen LogP contribution is -2.44. The molecule has 3 heteroatoms. The van der Waals surface area contributed by atoms with Crippen molar-refractivity contribution >= 4 is 0 Å². The summed E-state index contributed by atoms with van der Waals surface area (Å²) in [6.45, 7) is 3.09. The Morgan fingerprint density at radius 1 is 1.38 bits per heavy atom. The van der Waals surface area contributed by atoms with Crippen LogP contribution in [0.25, 0.3) is 0 Å². The van der Waals surface area contributed by atoms with Crippen LogP contribution in [0, 0.1) is 0 Å². The van der Waals surface area contributed by atoms with Crippen molar-refractivity contribution in [3.63, 3.8) is 0 Å². The molecule has 1 fully saturated rings. The predicted octanol–water partition coefficient (Wildman–Crippen LogP) is 1.44. The van der Waals surface area contributed by atoms with Gasteiger partial charge in [-0.3, -0.25) is 9.88 Å². The Labute approximate surface area is 97.7 Å². The maximum absolute atomic E-state index is 5.81. The zero-order chi connectivity index (χ0) is 11.2. The average Bonchev–Trinajstić information content (AvgIpc) is 2.38. The van der Waals surface area contributed by atoms with E-state index >= 15 is 0 Å². The Morgan fingerprint density at radius 2 is 2.31 bits per heavy atom. The van der Waals surface area contributed by atoms with Crippen LogP contribution in [0.1, 0.15) is 25.0 Å². The molecule has 0 saturated carbocycles. The van der Waals surface area contributed by atoms with Crippen LogP contribution in [-0.4, -0.2) is 35.6 Å². The van der Waals surface area contributed by atoms with Crippen molar-refractivity contribution in [3.05, 3.63) is 30.1 Å². The number of hydrogen-bond donors (Lipinski definition) is 1. The summed E-state index contributed by atoms with van der Waals surface area (Å²) in [7, 11) is 0. The molecular formula is C13H21N3. The molecule has 0 aliphatic carbocycles. The first-order valence-corrected chi connectivity index (χ1v) is 6.24. The lowest BCUT2D eigenvalue weighted by atomic mass is 10.0. The molecule has 1 aliphatic rings. The normalized spacial score (nSPS) is 22.2. The van der Waals surface area contributed by atoms with E-state index in [0.29, 0.717) is 6.04 Å². The number of nitrogens with two attached hydrogens (primary N) is 1. The molecule has 1 aliphatic heterocycles. The summed E-state index contributed by atoms with van der Waals surface area (Å²) >= 11 is 0. The molecule has 1 atom stereocenters. The molecule has 2 heterocycles. The Kier molecular flexibility index (Phi) is 4.31. The summed E-state index contributed by atoms with van der Waals surface area (Å²) in [5, 5.41) is 0. The molecule has 16 heavy (non-hydrogen) atoms. The van der Waals surface area contributed by atoms with Crippen molar-refractivity contribution < 1.29 is 0 Å². The standard InChI is InChI=1S/C13H21N3/c14-11-13-6-2-4-9-16(13)10-7-12-5-1-3-8-15-12/h1,3,5,8,13H,2,4,6-7,9-11,14H2. The lowest BCUT2D eigenvalue weighted by Gasteiger charge is -2.34. The second kappa shape index (κ2) is 5.97. The average molecular weight is 219 g/mol. The monoisotopic (exact) mass is 219 g/mol. The van der Waals surface area contributed by atoms with Gasteiger partial charge in [0.25, 0.3) is 0 Å². The Bertz CT molecular complexity index is 299. The third-order valence-electron chi connectivity index (χ3n) is 3.40. The number of piperidine rings is 1. The number of aromatic nitrogens is 1. The zero-order valence-corrected chi connectivity index (χ0v) is 9.81. The lowest BCUT2D eigenvalue weighted by molar-refractivity contribution is 0.154. The summed E-state index contributed by atoms with van der Waals surface area (Å²) in [6, 6.07) is 6.71. The summed E-state index contributed by atoms with van der Waals surface area (Å²) in [5.41, 5.74) is 6.99. The fourth-order valence-electron chi connectivity index (χ4n) is 2.43. The van der Waals surface area contributed by atoms with Crippen molar-refractivity contribution in [1.82, 2.24) is 9.88 Å². The van der Waals surface area contributed by atoms with E-state index in [1.807, 2.05) is 12.3 Å². The Hall–Kier alpha value is -0.930. The molecule has 1 aromatic rings. The van der Waals surface area contributed by atoms with Crippen LogP contribution in [0.4, 0.5) is 0 Å². The molecular weight excluding hydrogens is 198 g/mol. The highest BCUT2D eigenvalue weighted by molar-refractivity contribution is 5.04. The van der Waals surface area contributed by atoms with E-state index in [1.165, 1.54) is 31.5 Å². The first kappa shape index (κ1) is 11.6. The van der Waals surface area contributed by atoms with Gasteiger partial charge in [-0.25, -0.2) is 0 Å². The van der Waals surface area contributed by atoms with E-state index in [9.17, 15) is 0 Å². The highest BCUT2D eigenvalue weighted by atomic mass is 15.2. The summed E-state index contributed by atoms with van der Waals surface area (Å²) in [6.07, 6.45) is 6.82. The highest BCUT2D eigenvalue weighted by Gasteiger charge is 2.20. The zero-order valence-electron chi connectivity index (χ0n) is 9.81. The van der Waals surface area contributed by atoms with Crippen LogP contribution in [0.3, 0.4) is 0 Å². The second-order valence-electron chi connectivity index (χ2n) is 4.49. The fourth-order valence-corrected chi connectivity index (χ4v) is 2.43. The van der Waals surface area contributed by atoms with Crippen LogP contribution in [0.2, 0.25) is 0 Å². The molecule has 0 bridgehead atoms. The van der Waals surface area contributed by atoms with Crippen molar-refractivity contribution in [2.45, 2.75) is 31.7 Å². The first-order chi connectivity index (χ1) is 7.90. The molecule has 88 valence electrons. The van der Waals surface area contributed by atoms with Crippen molar-refractivity contribution in [3.8, 4) is 0 Å². The van der Waals surface area contributed by atoms with Crippen molar-refractivity contribution in [1.29, 1.82) is 0 Å². The highest BCUT2D eigenvalue weighted by Crippen LogP contribution is 2.16. The molecule has 0 amide bonds. The topological polar surface area (TPSA) is 42.1 Å². The Morgan fingerprint density at radius 3 is 3.06 bits per heavy atom. The SMILES string of the molecule is NCC1CCCCN1CCc1ccccn1. The maximum Gasteiger partial charge on any atom is 0.0416 e. The molecule has 1 saturated heterocycles. The van der Waals surface area contributed by atoms with Crippen LogP contribution in [0.15, 0.2) is 24.4 Å². The van der Waals surface area contributed by atoms with Gasteiger partial charge in [-0.15, -0.1) is 0 Å². The van der Waals surface area contributed by atoms with Crippen molar-refractivity contribution in [2.24, 2.45) is 5.73 Å². The fraction of sp³-hybridized carbons (Fsp3) is 0.615. The van der Waals surface area contributed by atoms with E-state index in [2.05, 4.69) is 22.0 Å². The minimum atomic E-state index is 0.595. The summed E-state index contributed by atoms with van der Waals surface area (Å²) in [5.74, 6) is 0. The molecule has 1 aromatic heterocycles. The molecule has 0 radical (unpaired) electrons. The Balaban J connectivity index is 1.84. The van der Waals surface area contributed by atoms with Crippen molar-refractivity contribution in [2.75, 3.05) is 19.6 Å². The number of likely N-dealkylation sites (tertiary alicyclic amines) is 1. The third-order valence-corrected chi connectivity index (χ3v) is 3.40. The number of nitrogens with zero attached hydrogens (tertiary/aromatic N) is 2. The van der Waals surface area contributed by atoms with Gasteiger partial charge < -0.3 is 5.73 Å². The van der Waals surface area contributed by atoms with E-state index in [-0.39, 0.29) is 0 Å². The van der Waals surface area contributed by atoms with Gasteiger partial charge in [-0.1, -0.05) is 12.5 Å². The summed E-state index contributed by atoms with van der Waals surface area (Å²) < 4.78 is 0. The van der Waals surface area contributed by atoms with E-state index in [1.54, 1.807) is 0 Å². The van der Waals surface area contributed by atoms with Crippen LogP contribution in [-0.2, 0) is 6.42 Å². The van der Waals surface area contributed by atoms with Gasteiger partial charge in [-0.2, -0.15) is 0 Å². The van der Waals surface area contributed by atoms with E-state index in [4.69, 9.17) is 5.73 Å². The minimum Gasteiger partial charge on any atom is -0.329 e. The van der Waals surface area contributed by atoms with Gasteiger partial charge in [0.2, 0.25) is 0 Å². The molecule has 2 rings (SSSR count). The quantitative estimate of drug-likeness (QED) is 0.833. The number of pyridine rings is 1. The van der Waals surface area contributed by atoms with Gasteiger partial charge in [0.15, 0.2) is 0 Å². The van der Waals surface area contributed by atoms with E-state index < -0.39 is 0 Å². The summed E-state index contributed by atoms with van der Waals surface area (Å²) in [4.78, 5) is 6.88. The van der Waals surface area contributed by atoms with Gasteiger partial charge >= 0.3 is 0 Å². The van der Waals surface area contributed by atoms with Gasteiger partial charge in [0.1, 0.15) is 0 Å². The van der Waals surface area contributed by atoms with E-state index in [0.717, 1.165) is 19.5 Å². The number of hydrogen-bond acceptors (Lipinski definition) is 3. The predicted molar refractivity (Wildman–Crippen MR) is 66.2 cm³/mol. The molecule has 3 nitrogen and oxygen atoms in total. The minimum absolute atomic E-state index is 0.595. The van der Waals surface area contributed by atoms with Gasteiger partial charge in [0, 0.05) is 37.4 Å². The number of rotatable bonds is 4. The van der Waals surface area contributed by atoms with Gasteiger partial charge in [0.05, 0.1) is 0 Å².